The van der Waals surface area contributed by atoms with Crippen molar-refractivity contribution in [2.45, 2.75) is 24.9 Å². The number of amides is 1. The number of hydrogen-bond acceptors (Lipinski definition) is 5. The summed E-state index contributed by atoms with van der Waals surface area (Å²) in [6.07, 6.45) is 2.75. The van der Waals surface area contributed by atoms with Gasteiger partial charge in [-0.15, -0.1) is 24.8 Å². The quantitative estimate of drug-likeness (QED) is 0.692. The normalized spacial score (nSPS) is 16.3. The highest BCUT2D eigenvalue weighted by Gasteiger charge is 2.35. The van der Waals surface area contributed by atoms with E-state index >= 15 is 0 Å². The molecule has 1 aliphatic heterocycles. The van der Waals surface area contributed by atoms with Gasteiger partial charge in [-0.2, -0.15) is 0 Å². The Hall–Kier alpha value is -0.930. The first kappa shape index (κ1) is 20.1. The van der Waals surface area contributed by atoms with Crippen molar-refractivity contribution in [1.29, 1.82) is 0 Å². The number of ether oxygens (including phenoxy) is 1. The van der Waals surface area contributed by atoms with E-state index in [0.29, 0.717) is 44.1 Å². The molecule has 2 aromatic rings. The van der Waals surface area contributed by atoms with Crippen LogP contribution in [0.3, 0.4) is 0 Å². The average molecular weight is 427 g/mol. The molecule has 3 rings (SSSR count). The fourth-order valence-corrected chi connectivity index (χ4v) is 2.64. The maximum atomic E-state index is 12.2. The number of carbonyl (C=O) groups excluding carboxylic acids is 1. The van der Waals surface area contributed by atoms with Crippen molar-refractivity contribution >= 4 is 57.8 Å². The maximum absolute atomic E-state index is 12.2. The lowest BCUT2D eigenvalue weighted by atomic mass is 9.90. The number of pyridine rings is 1. The lowest BCUT2D eigenvalue weighted by Gasteiger charge is -2.31. The summed E-state index contributed by atoms with van der Waals surface area (Å²) in [6, 6.07) is 1.89. The Bertz CT molecular complexity index is 675. The van der Waals surface area contributed by atoms with Crippen LogP contribution in [0.4, 0.5) is 0 Å². The Labute approximate surface area is 154 Å². The van der Waals surface area contributed by atoms with Gasteiger partial charge in [-0.1, -0.05) is 0 Å². The maximum Gasteiger partial charge on any atom is 0.240 e. The second kappa shape index (κ2) is 8.25. The van der Waals surface area contributed by atoms with Gasteiger partial charge < -0.3 is 20.8 Å². The van der Waals surface area contributed by atoms with Crippen LogP contribution >= 0.6 is 40.7 Å². The summed E-state index contributed by atoms with van der Waals surface area (Å²) in [7, 11) is 0. The Morgan fingerprint density at radius 3 is 2.83 bits per heavy atom. The van der Waals surface area contributed by atoms with Gasteiger partial charge in [-0.25, -0.2) is 9.97 Å². The number of nitrogens with one attached hydrogen (secondary N) is 2. The number of imidazole rings is 1. The van der Waals surface area contributed by atoms with Gasteiger partial charge in [0.2, 0.25) is 5.91 Å². The zero-order valence-electron chi connectivity index (χ0n) is 12.2. The van der Waals surface area contributed by atoms with Crippen molar-refractivity contribution in [2.24, 2.45) is 5.73 Å². The van der Waals surface area contributed by atoms with Gasteiger partial charge in [0.15, 0.2) is 5.65 Å². The van der Waals surface area contributed by atoms with Gasteiger partial charge in [0.25, 0.3) is 0 Å². The lowest BCUT2D eigenvalue weighted by Crippen LogP contribution is -2.56. The van der Waals surface area contributed by atoms with E-state index in [9.17, 15) is 4.79 Å². The van der Waals surface area contributed by atoms with Crippen LogP contribution in [0.2, 0.25) is 0 Å². The summed E-state index contributed by atoms with van der Waals surface area (Å²) in [4.78, 5) is 23.8. The molecule has 0 unspecified atom stereocenters. The highest BCUT2D eigenvalue weighted by molar-refractivity contribution is 9.10. The van der Waals surface area contributed by atoms with Gasteiger partial charge in [-0.05, 0) is 34.8 Å². The summed E-state index contributed by atoms with van der Waals surface area (Å²) in [5.74, 6) is 0.486. The number of halogens is 3. The van der Waals surface area contributed by atoms with Crippen molar-refractivity contribution in [1.82, 2.24) is 20.3 Å². The molecule has 0 atom stereocenters. The van der Waals surface area contributed by atoms with Crippen molar-refractivity contribution in [3.63, 3.8) is 0 Å². The van der Waals surface area contributed by atoms with Crippen LogP contribution in [-0.4, -0.2) is 39.6 Å². The Morgan fingerprint density at radius 2 is 2.13 bits per heavy atom. The molecule has 0 bridgehead atoms. The molecule has 4 N–H and O–H groups in total. The standard InChI is InChI=1S/C13H16BrN5O2.2ClH/c14-8-5-9-11(16-6-8)19-10(18-9)7-17-12(20)13(15)1-3-21-4-2-13;;/h5-6H,1-4,7,15H2,(H,17,20)(H,16,18,19);2*1H. The number of fused-ring (bicyclic) bond motifs is 1. The molecule has 1 amide bonds. The van der Waals surface area contributed by atoms with Crippen LogP contribution in [0, 0.1) is 0 Å². The molecular formula is C13H18BrCl2N5O2. The number of nitrogens with two attached hydrogens (primary N) is 1. The molecule has 0 aromatic carbocycles. The first-order valence-electron chi connectivity index (χ1n) is 6.72. The lowest BCUT2D eigenvalue weighted by molar-refractivity contribution is -0.129. The first-order valence-corrected chi connectivity index (χ1v) is 7.51. The van der Waals surface area contributed by atoms with Crippen LogP contribution in [0.15, 0.2) is 16.7 Å². The Balaban J connectivity index is 0.00000132. The molecule has 1 fully saturated rings. The molecule has 23 heavy (non-hydrogen) atoms. The van der Waals surface area contributed by atoms with Crippen LogP contribution in [0.5, 0.6) is 0 Å². The van der Waals surface area contributed by atoms with E-state index in [4.69, 9.17) is 10.5 Å². The van der Waals surface area contributed by atoms with Crippen molar-refractivity contribution in [3.05, 3.63) is 22.6 Å². The summed E-state index contributed by atoms with van der Waals surface area (Å²) in [5.41, 5.74) is 6.72. The number of aromatic amines is 1. The third kappa shape index (κ3) is 4.54. The summed E-state index contributed by atoms with van der Waals surface area (Å²) in [6.45, 7) is 1.34. The van der Waals surface area contributed by atoms with Crippen LogP contribution < -0.4 is 11.1 Å². The van der Waals surface area contributed by atoms with Crippen molar-refractivity contribution in [2.75, 3.05) is 13.2 Å². The molecule has 128 valence electrons. The number of nitrogens with zero attached hydrogens (tertiary/aromatic N) is 2. The summed E-state index contributed by atoms with van der Waals surface area (Å²) in [5, 5.41) is 2.83. The first-order chi connectivity index (χ1) is 10.1. The van der Waals surface area contributed by atoms with Gasteiger partial charge in [0.1, 0.15) is 5.82 Å². The predicted octanol–water partition coefficient (Wildman–Crippen LogP) is 1.69. The molecular weight excluding hydrogens is 409 g/mol. The zero-order valence-corrected chi connectivity index (χ0v) is 15.4. The number of aromatic nitrogens is 3. The number of hydrogen-bond donors (Lipinski definition) is 3. The number of carbonyl (C=O) groups is 1. The molecule has 10 heteroatoms. The van der Waals surface area contributed by atoms with E-state index < -0.39 is 5.54 Å². The average Bonchev–Trinajstić information content (AvgIpc) is 2.87. The van der Waals surface area contributed by atoms with Crippen LogP contribution in [-0.2, 0) is 16.1 Å². The van der Waals surface area contributed by atoms with E-state index in [2.05, 4.69) is 36.2 Å². The second-order valence-corrected chi connectivity index (χ2v) is 6.08. The summed E-state index contributed by atoms with van der Waals surface area (Å²) >= 11 is 3.35. The molecule has 1 saturated heterocycles. The molecule has 1 aliphatic rings. The molecule has 2 aromatic heterocycles. The third-order valence-corrected chi connectivity index (χ3v) is 4.04. The van der Waals surface area contributed by atoms with Crippen LogP contribution in [0.25, 0.3) is 11.2 Å². The molecule has 0 saturated carbocycles. The highest BCUT2D eigenvalue weighted by Crippen LogP contribution is 2.18. The molecule has 0 aliphatic carbocycles. The van der Waals surface area contributed by atoms with Gasteiger partial charge in [0.05, 0.1) is 17.6 Å². The zero-order chi connectivity index (χ0) is 14.9. The van der Waals surface area contributed by atoms with E-state index in [1.807, 2.05) is 6.07 Å². The monoisotopic (exact) mass is 425 g/mol. The Kier molecular flexibility index (Phi) is 7.22. The third-order valence-electron chi connectivity index (χ3n) is 3.61. The Morgan fingerprint density at radius 1 is 1.43 bits per heavy atom. The fourth-order valence-electron chi connectivity index (χ4n) is 2.31. The second-order valence-electron chi connectivity index (χ2n) is 5.16. The van der Waals surface area contributed by atoms with E-state index in [-0.39, 0.29) is 30.7 Å². The van der Waals surface area contributed by atoms with E-state index in [1.54, 1.807) is 6.20 Å². The predicted molar refractivity (Wildman–Crippen MR) is 94.9 cm³/mol. The van der Waals surface area contributed by atoms with E-state index in [1.165, 1.54) is 0 Å². The minimum absolute atomic E-state index is 0. The molecule has 0 spiro atoms. The van der Waals surface area contributed by atoms with Gasteiger partial charge >= 0.3 is 0 Å². The van der Waals surface area contributed by atoms with Crippen molar-refractivity contribution in [3.8, 4) is 0 Å². The van der Waals surface area contributed by atoms with Gasteiger partial charge in [-0.3, -0.25) is 4.79 Å². The number of H-pyrrole nitrogens is 1. The number of rotatable bonds is 3. The summed E-state index contributed by atoms with van der Waals surface area (Å²) < 4.78 is 6.11. The van der Waals surface area contributed by atoms with Crippen LogP contribution in [0.1, 0.15) is 18.7 Å². The largest absolute Gasteiger partial charge is 0.381 e. The van der Waals surface area contributed by atoms with E-state index in [0.717, 1.165) is 9.99 Å². The molecule has 0 radical (unpaired) electrons. The highest BCUT2D eigenvalue weighted by atomic mass is 79.9. The van der Waals surface area contributed by atoms with Crippen molar-refractivity contribution < 1.29 is 9.53 Å². The SMILES string of the molecule is Cl.Cl.NC1(C(=O)NCc2nc3ncc(Br)cc3[nH]2)CCOCC1. The molecule has 7 nitrogen and oxygen atoms in total. The smallest absolute Gasteiger partial charge is 0.240 e. The van der Waals surface area contributed by atoms with Gasteiger partial charge in [0, 0.05) is 23.9 Å². The fraction of sp³-hybridized carbons (Fsp3) is 0.462. The topological polar surface area (TPSA) is 106 Å². The molecule has 3 heterocycles. The minimum atomic E-state index is -0.842. The minimum Gasteiger partial charge on any atom is -0.381 e.